The summed E-state index contributed by atoms with van der Waals surface area (Å²) in [5, 5.41) is -0.291. The Morgan fingerprint density at radius 2 is 1.36 bits per heavy atom. The van der Waals surface area contributed by atoms with Crippen molar-refractivity contribution in [3.05, 3.63) is 30.3 Å². The van der Waals surface area contributed by atoms with Crippen LogP contribution in [0.2, 0.25) is 0 Å². The Kier molecular flexibility index (Phi) is 17.5. The van der Waals surface area contributed by atoms with Crippen LogP contribution in [-0.2, 0) is 29.1 Å². The highest BCUT2D eigenvalue weighted by Crippen LogP contribution is 2.31. The van der Waals surface area contributed by atoms with Gasteiger partial charge in [-0.15, -0.1) is 0 Å². The van der Waals surface area contributed by atoms with E-state index in [0.717, 1.165) is 25.7 Å². The van der Waals surface area contributed by atoms with Crippen LogP contribution in [-0.4, -0.2) is 42.9 Å². The fourth-order valence-corrected chi connectivity index (χ4v) is 6.58. The quantitative estimate of drug-likeness (QED) is 0.0779. The summed E-state index contributed by atoms with van der Waals surface area (Å²) in [5.74, 6) is -1.87. The molecule has 240 valence electrons. The number of nitrogens with one attached hydrogen (secondary N) is 2. The number of Topliss-reactive ketones (excluding diaryl/α,β-unsaturated/α-hetero) is 1. The van der Waals surface area contributed by atoms with E-state index in [-0.39, 0.29) is 13.0 Å². The monoisotopic (exact) mass is 628 g/mol. The average Bonchev–Trinajstić information content (AvgIpc) is 2.94. The number of amides is 2. The van der Waals surface area contributed by atoms with E-state index in [1.807, 2.05) is 0 Å². The number of carbonyl (C=O) groups is 3. The van der Waals surface area contributed by atoms with Gasteiger partial charge in [0.2, 0.25) is 15.9 Å². The highest BCUT2D eigenvalue weighted by atomic mass is 35.5. The lowest BCUT2D eigenvalue weighted by atomic mass is 9.86. The second-order valence-corrected chi connectivity index (χ2v) is 14.5. The number of ketones is 1. The Balaban J connectivity index is 2.74. The molecule has 2 atom stereocenters. The molecule has 0 bridgehead atoms. The molecule has 8 nitrogen and oxygen atoms in total. The van der Waals surface area contributed by atoms with E-state index in [1.165, 1.54) is 32.1 Å². The highest BCUT2D eigenvalue weighted by Gasteiger charge is 2.50. The number of rotatable bonds is 22. The van der Waals surface area contributed by atoms with Crippen molar-refractivity contribution in [2.45, 2.75) is 135 Å². The number of alkyl halides is 1. The zero-order valence-corrected chi connectivity index (χ0v) is 27.9. The first-order chi connectivity index (χ1) is 19.8. The van der Waals surface area contributed by atoms with Gasteiger partial charge >= 0.3 is 0 Å². The maximum absolute atomic E-state index is 13.2. The molecule has 2 amide bonds. The lowest BCUT2D eigenvalue weighted by molar-refractivity contribution is -0.151. The Hall–Kier alpha value is -1.97. The number of halogens is 1. The zero-order chi connectivity index (χ0) is 31.7. The predicted molar refractivity (Wildman–Crippen MR) is 171 cm³/mol. The minimum Gasteiger partial charge on any atom is -0.345 e. The topological polar surface area (TPSA) is 119 Å². The van der Waals surface area contributed by atoms with Gasteiger partial charge in [0.05, 0.1) is 5.25 Å². The number of anilines is 1. The third kappa shape index (κ3) is 14.0. The summed E-state index contributed by atoms with van der Waals surface area (Å²) in [4.78, 5) is 38.2. The molecular formula is C32H53ClN2O6S. The molecule has 0 aromatic heterocycles. The van der Waals surface area contributed by atoms with E-state index >= 15 is 0 Å². The molecule has 0 fully saturated rings. The molecule has 0 saturated carbocycles. The first-order valence-electron chi connectivity index (χ1n) is 15.6. The van der Waals surface area contributed by atoms with E-state index in [4.69, 9.17) is 16.3 Å². The highest BCUT2D eigenvalue weighted by molar-refractivity contribution is 7.90. The molecule has 42 heavy (non-hydrogen) atoms. The van der Waals surface area contributed by atoms with Crippen LogP contribution in [0.1, 0.15) is 125 Å². The van der Waals surface area contributed by atoms with Gasteiger partial charge in [-0.25, -0.2) is 8.42 Å². The minimum absolute atomic E-state index is 0.0142. The lowest BCUT2D eigenvalue weighted by Crippen LogP contribution is -2.52. The van der Waals surface area contributed by atoms with Gasteiger partial charge in [0.25, 0.3) is 11.0 Å². The van der Waals surface area contributed by atoms with Crippen LogP contribution in [0.15, 0.2) is 30.3 Å². The number of ether oxygens (including phenoxy) is 1. The van der Waals surface area contributed by atoms with E-state index < -0.39 is 43.3 Å². The SMILES string of the molecule is CCCCCCCCCCCC(CCCCOC(Cl)(C(=O)Nc1ccccc1)C(=O)C(C)(C)C)S(=O)(=O)NC(=O)CC. The van der Waals surface area contributed by atoms with Crippen LogP contribution < -0.4 is 10.0 Å². The van der Waals surface area contributed by atoms with Crippen molar-refractivity contribution in [3.63, 3.8) is 0 Å². The molecule has 10 heteroatoms. The Bertz CT molecular complexity index is 1060. The molecule has 1 aromatic rings. The fraction of sp³-hybridized carbons (Fsp3) is 0.719. The smallest absolute Gasteiger partial charge is 0.281 e. The maximum Gasteiger partial charge on any atom is 0.281 e. The average molecular weight is 629 g/mol. The van der Waals surface area contributed by atoms with Crippen LogP contribution in [0.4, 0.5) is 5.69 Å². The van der Waals surface area contributed by atoms with Gasteiger partial charge in [0.1, 0.15) is 0 Å². The second kappa shape index (κ2) is 19.3. The van der Waals surface area contributed by atoms with Gasteiger partial charge in [-0.1, -0.05) is 122 Å². The number of carbonyl (C=O) groups excluding carboxylic acids is 3. The van der Waals surface area contributed by atoms with Gasteiger partial charge in [-0.2, -0.15) is 0 Å². The van der Waals surface area contributed by atoms with E-state index in [9.17, 15) is 22.8 Å². The summed E-state index contributed by atoms with van der Waals surface area (Å²) in [6, 6.07) is 8.67. The van der Waals surface area contributed by atoms with Crippen LogP contribution >= 0.6 is 11.6 Å². The second-order valence-electron chi connectivity index (χ2n) is 12.0. The van der Waals surface area contributed by atoms with Crippen LogP contribution in [0.3, 0.4) is 0 Å². The number of benzene rings is 1. The molecule has 2 unspecified atom stereocenters. The largest absolute Gasteiger partial charge is 0.345 e. The van der Waals surface area contributed by atoms with Gasteiger partial charge in [0, 0.05) is 24.1 Å². The molecule has 0 saturated heterocycles. The van der Waals surface area contributed by atoms with Crippen molar-refractivity contribution in [2.75, 3.05) is 11.9 Å². The summed E-state index contributed by atoms with van der Waals surface area (Å²) >= 11 is 6.58. The van der Waals surface area contributed by atoms with Crippen molar-refractivity contribution in [2.24, 2.45) is 5.41 Å². The zero-order valence-electron chi connectivity index (χ0n) is 26.3. The minimum atomic E-state index is -3.82. The molecule has 1 rings (SSSR count). The van der Waals surface area contributed by atoms with Crippen LogP contribution in [0.25, 0.3) is 0 Å². The van der Waals surface area contributed by atoms with Crippen molar-refractivity contribution in [3.8, 4) is 0 Å². The predicted octanol–water partition coefficient (Wildman–Crippen LogP) is 7.51. The van der Waals surface area contributed by atoms with Crippen molar-refractivity contribution >= 4 is 44.9 Å². The van der Waals surface area contributed by atoms with E-state index in [0.29, 0.717) is 31.4 Å². The Morgan fingerprint density at radius 1 is 0.833 bits per heavy atom. The van der Waals surface area contributed by atoms with E-state index in [1.54, 1.807) is 58.0 Å². The Morgan fingerprint density at radius 3 is 1.88 bits per heavy atom. The van der Waals surface area contributed by atoms with Crippen LogP contribution in [0.5, 0.6) is 0 Å². The Labute approximate surface area is 259 Å². The molecule has 0 heterocycles. The van der Waals surface area contributed by atoms with Crippen LogP contribution in [0, 0.1) is 5.41 Å². The summed E-state index contributed by atoms with van der Waals surface area (Å²) in [6.07, 6.45) is 11.9. The summed E-state index contributed by atoms with van der Waals surface area (Å²) in [6.45, 7) is 8.79. The number of unbranched alkanes of at least 4 members (excludes halogenated alkanes) is 9. The van der Waals surface area contributed by atoms with Crippen molar-refractivity contribution < 1.29 is 27.5 Å². The molecular weight excluding hydrogens is 576 g/mol. The molecule has 0 aliphatic rings. The molecule has 0 aliphatic heterocycles. The van der Waals surface area contributed by atoms with Gasteiger partial charge in [-0.3, -0.25) is 19.1 Å². The lowest BCUT2D eigenvalue weighted by Gasteiger charge is -2.30. The molecule has 2 N–H and O–H groups in total. The fourth-order valence-electron chi connectivity index (χ4n) is 4.59. The van der Waals surface area contributed by atoms with Crippen molar-refractivity contribution in [1.82, 2.24) is 4.72 Å². The summed E-state index contributed by atoms with van der Waals surface area (Å²) in [5.41, 5.74) is -0.460. The van der Waals surface area contributed by atoms with Gasteiger partial charge < -0.3 is 10.1 Å². The summed E-state index contributed by atoms with van der Waals surface area (Å²) in [7, 11) is -3.82. The summed E-state index contributed by atoms with van der Waals surface area (Å²) < 4.78 is 33.9. The molecule has 0 aliphatic carbocycles. The first-order valence-corrected chi connectivity index (χ1v) is 17.5. The third-order valence-corrected chi connectivity index (χ3v) is 9.48. The number of para-hydroxylation sites is 1. The number of hydrogen-bond donors (Lipinski definition) is 2. The first kappa shape index (κ1) is 38.1. The normalized spacial score (nSPS) is 14.1. The number of hydrogen-bond acceptors (Lipinski definition) is 6. The third-order valence-electron chi connectivity index (χ3n) is 7.16. The molecule has 0 spiro atoms. The van der Waals surface area contributed by atoms with Crippen molar-refractivity contribution in [1.29, 1.82) is 0 Å². The molecule has 0 radical (unpaired) electrons. The standard InChI is InChI=1S/C32H53ClN2O6S/c1-6-8-9-10-11-12-13-14-18-23-27(42(39,40)35-28(36)7-2)24-19-20-25-41-32(33,29(37)31(3,4)5)30(38)34-26-21-16-15-17-22-26/h15-17,21-22,27H,6-14,18-20,23-25H2,1-5H3,(H,34,38)(H,35,36). The maximum atomic E-state index is 13.2. The molecule has 1 aromatic carbocycles. The van der Waals surface area contributed by atoms with Gasteiger partial charge in [-0.05, 0) is 37.8 Å². The number of sulfonamides is 1. The van der Waals surface area contributed by atoms with Gasteiger partial charge in [0.15, 0.2) is 5.78 Å². The van der Waals surface area contributed by atoms with E-state index in [2.05, 4.69) is 17.0 Å².